The molecule has 154 valence electrons. The van der Waals surface area contributed by atoms with Crippen LogP contribution in [0.25, 0.3) is 10.9 Å². The molecular formula is C25H28N4S. The third-order valence-corrected chi connectivity index (χ3v) is 6.65. The number of hydrazone groups is 1. The van der Waals surface area contributed by atoms with Gasteiger partial charge in [-0.25, -0.2) is 0 Å². The predicted molar refractivity (Wildman–Crippen MR) is 129 cm³/mol. The highest BCUT2D eigenvalue weighted by atomic mass is 32.1. The number of anilines is 1. The molecule has 1 heterocycles. The first-order valence-electron chi connectivity index (χ1n) is 11.1. The van der Waals surface area contributed by atoms with Crippen molar-refractivity contribution in [3.63, 3.8) is 0 Å². The lowest BCUT2D eigenvalue weighted by Crippen LogP contribution is -2.26. The Kier molecular flexibility index (Phi) is 5.54. The average molecular weight is 417 g/mol. The Balaban J connectivity index is 1.38. The minimum absolute atomic E-state index is 0.511. The lowest BCUT2D eigenvalue weighted by atomic mass is 9.83. The van der Waals surface area contributed by atoms with E-state index in [-0.39, 0.29) is 0 Å². The zero-order valence-corrected chi connectivity index (χ0v) is 18.0. The van der Waals surface area contributed by atoms with Crippen LogP contribution >= 0.6 is 12.2 Å². The smallest absolute Gasteiger partial charge is 0.191 e. The van der Waals surface area contributed by atoms with Gasteiger partial charge in [0.15, 0.2) is 5.11 Å². The summed E-state index contributed by atoms with van der Waals surface area (Å²) in [5.74, 6) is 0.730. The summed E-state index contributed by atoms with van der Waals surface area (Å²) in [5.41, 5.74) is 10.4. The molecule has 1 aromatic heterocycles. The second-order valence-electron chi connectivity index (χ2n) is 8.46. The van der Waals surface area contributed by atoms with E-state index in [4.69, 9.17) is 12.2 Å². The molecular weight excluding hydrogens is 388 g/mol. The van der Waals surface area contributed by atoms with Crippen LogP contribution in [-0.2, 0) is 6.42 Å². The molecule has 1 saturated carbocycles. The molecule has 0 bridgehead atoms. The summed E-state index contributed by atoms with van der Waals surface area (Å²) in [6, 6.07) is 17.0. The van der Waals surface area contributed by atoms with Crippen molar-refractivity contribution < 1.29 is 0 Å². The maximum atomic E-state index is 5.42. The molecule has 0 saturated heterocycles. The topological polar surface area (TPSA) is 52.2 Å². The van der Waals surface area contributed by atoms with Crippen LogP contribution in [0, 0.1) is 0 Å². The van der Waals surface area contributed by atoms with Crippen molar-refractivity contribution in [1.29, 1.82) is 0 Å². The number of hydrogen-bond acceptors (Lipinski definition) is 2. The van der Waals surface area contributed by atoms with E-state index in [1.165, 1.54) is 59.8 Å². The van der Waals surface area contributed by atoms with E-state index in [1.54, 1.807) is 0 Å². The van der Waals surface area contributed by atoms with Crippen LogP contribution in [0.3, 0.4) is 0 Å². The van der Waals surface area contributed by atoms with Gasteiger partial charge in [0.2, 0.25) is 0 Å². The van der Waals surface area contributed by atoms with E-state index >= 15 is 0 Å². The number of aryl methyl sites for hydroxylation is 1. The van der Waals surface area contributed by atoms with Crippen molar-refractivity contribution in [2.75, 3.05) is 5.32 Å². The second-order valence-corrected chi connectivity index (χ2v) is 8.87. The molecule has 0 spiro atoms. The number of aromatic amines is 1. The van der Waals surface area contributed by atoms with Gasteiger partial charge < -0.3 is 10.3 Å². The first-order chi connectivity index (χ1) is 14.8. The number of nitrogens with one attached hydrogen (secondary N) is 3. The van der Waals surface area contributed by atoms with Gasteiger partial charge in [0.05, 0.1) is 11.4 Å². The van der Waals surface area contributed by atoms with Gasteiger partial charge in [0.1, 0.15) is 0 Å². The summed E-state index contributed by atoms with van der Waals surface area (Å²) >= 11 is 5.42. The predicted octanol–water partition coefficient (Wildman–Crippen LogP) is 6.24. The highest BCUT2D eigenvalue weighted by Crippen LogP contribution is 2.36. The lowest BCUT2D eigenvalue weighted by molar-refractivity contribution is 0.444. The molecule has 0 radical (unpaired) electrons. The quantitative estimate of drug-likeness (QED) is 0.350. The molecule has 3 aromatic rings. The van der Waals surface area contributed by atoms with Crippen molar-refractivity contribution in [2.24, 2.45) is 5.10 Å². The Morgan fingerprint density at radius 1 is 0.967 bits per heavy atom. The summed E-state index contributed by atoms with van der Waals surface area (Å²) in [4.78, 5) is 3.64. The number of fused-ring (bicyclic) bond motifs is 3. The third kappa shape index (κ3) is 3.99. The van der Waals surface area contributed by atoms with E-state index in [0.717, 1.165) is 36.6 Å². The Labute approximate surface area is 183 Å². The normalized spacial score (nSPS) is 18.3. The molecule has 4 nitrogen and oxygen atoms in total. The van der Waals surface area contributed by atoms with Gasteiger partial charge in [0, 0.05) is 16.6 Å². The van der Waals surface area contributed by atoms with Crippen LogP contribution in [0.15, 0.2) is 53.6 Å². The Morgan fingerprint density at radius 2 is 1.80 bits per heavy atom. The maximum absolute atomic E-state index is 5.42. The Hall–Kier alpha value is -2.66. The summed E-state index contributed by atoms with van der Waals surface area (Å²) < 4.78 is 0. The van der Waals surface area contributed by atoms with Gasteiger partial charge in [-0.15, -0.1) is 0 Å². The highest BCUT2D eigenvalue weighted by molar-refractivity contribution is 7.80. The molecule has 5 heteroatoms. The van der Waals surface area contributed by atoms with E-state index in [2.05, 4.69) is 39.0 Å². The SMILES string of the molecule is S=C(N/N=C1/CCCc2c1[nH]c1ccc(C3CCCCC3)cc21)Nc1ccccc1. The van der Waals surface area contributed by atoms with E-state index in [9.17, 15) is 0 Å². The van der Waals surface area contributed by atoms with Crippen LogP contribution in [0.2, 0.25) is 0 Å². The van der Waals surface area contributed by atoms with Crippen molar-refractivity contribution in [3.05, 3.63) is 65.4 Å². The Bertz CT molecular complexity index is 1080. The fraction of sp³-hybridized carbons (Fsp3) is 0.360. The van der Waals surface area contributed by atoms with Gasteiger partial charge in [-0.3, -0.25) is 5.43 Å². The number of rotatable bonds is 3. The summed E-state index contributed by atoms with van der Waals surface area (Å²) in [5, 5.41) is 9.73. The van der Waals surface area contributed by atoms with Crippen molar-refractivity contribution >= 4 is 39.6 Å². The number of aromatic nitrogens is 1. The fourth-order valence-corrected chi connectivity index (χ4v) is 5.09. The number of benzene rings is 2. The summed E-state index contributed by atoms with van der Waals surface area (Å²) in [7, 11) is 0. The molecule has 2 aliphatic carbocycles. The number of thiocarbonyl (C=S) groups is 1. The Morgan fingerprint density at radius 3 is 2.63 bits per heavy atom. The summed E-state index contributed by atoms with van der Waals surface area (Å²) in [6.07, 6.45) is 9.98. The molecule has 2 aliphatic rings. The molecule has 0 atom stereocenters. The number of H-pyrrole nitrogens is 1. The van der Waals surface area contributed by atoms with Crippen molar-refractivity contribution in [2.45, 2.75) is 57.3 Å². The zero-order chi connectivity index (χ0) is 20.3. The molecule has 30 heavy (non-hydrogen) atoms. The zero-order valence-electron chi connectivity index (χ0n) is 17.2. The monoisotopic (exact) mass is 416 g/mol. The van der Waals surface area contributed by atoms with Crippen LogP contribution in [0.4, 0.5) is 5.69 Å². The number of nitrogens with zero attached hydrogens (tertiary/aromatic N) is 1. The molecule has 2 aromatic carbocycles. The van der Waals surface area contributed by atoms with Crippen LogP contribution in [0.5, 0.6) is 0 Å². The minimum Gasteiger partial charge on any atom is -0.353 e. The van der Waals surface area contributed by atoms with Crippen LogP contribution < -0.4 is 10.7 Å². The second kappa shape index (κ2) is 8.60. The highest BCUT2D eigenvalue weighted by Gasteiger charge is 2.22. The van der Waals surface area contributed by atoms with Gasteiger partial charge in [0.25, 0.3) is 0 Å². The molecule has 1 fully saturated rings. The molecule has 5 rings (SSSR count). The molecule has 0 aliphatic heterocycles. The standard InChI is InChI=1S/C25H28N4S/c30-25(26-19-10-5-2-6-11-19)29-28-23-13-7-12-20-21-16-18(17-8-3-1-4-9-17)14-15-22(21)27-24(20)23/h2,5-6,10-11,14-17,27H,1,3-4,7-9,12-13H2,(H2,26,29,30)/b28-23-. The maximum Gasteiger partial charge on any atom is 0.191 e. The molecule has 0 amide bonds. The number of hydrogen-bond donors (Lipinski definition) is 3. The fourth-order valence-electron chi connectivity index (χ4n) is 4.93. The minimum atomic E-state index is 0.511. The van der Waals surface area contributed by atoms with Crippen molar-refractivity contribution in [1.82, 2.24) is 10.4 Å². The van der Waals surface area contributed by atoms with Crippen LogP contribution in [-0.4, -0.2) is 15.8 Å². The van der Waals surface area contributed by atoms with Crippen LogP contribution in [0.1, 0.15) is 67.7 Å². The third-order valence-electron chi connectivity index (χ3n) is 6.46. The van der Waals surface area contributed by atoms with Gasteiger partial charge in [-0.05, 0) is 85.6 Å². The average Bonchev–Trinajstić information content (AvgIpc) is 3.17. The van der Waals surface area contributed by atoms with Gasteiger partial charge in [-0.2, -0.15) is 5.10 Å². The van der Waals surface area contributed by atoms with Crippen molar-refractivity contribution in [3.8, 4) is 0 Å². The van der Waals surface area contributed by atoms with E-state index < -0.39 is 0 Å². The first-order valence-corrected chi connectivity index (χ1v) is 11.5. The van der Waals surface area contributed by atoms with Gasteiger partial charge >= 0.3 is 0 Å². The van der Waals surface area contributed by atoms with E-state index in [0.29, 0.717) is 5.11 Å². The first kappa shape index (κ1) is 19.3. The van der Waals surface area contributed by atoms with Gasteiger partial charge in [-0.1, -0.05) is 43.5 Å². The van der Waals surface area contributed by atoms with E-state index in [1.807, 2.05) is 30.3 Å². The molecule has 3 N–H and O–H groups in total. The lowest BCUT2D eigenvalue weighted by Gasteiger charge is -2.22. The molecule has 0 unspecified atom stereocenters. The number of para-hydroxylation sites is 1. The largest absolute Gasteiger partial charge is 0.353 e. The summed E-state index contributed by atoms with van der Waals surface area (Å²) in [6.45, 7) is 0.